The minimum atomic E-state index is -0.00266. The van der Waals surface area contributed by atoms with Crippen LogP contribution in [0.15, 0.2) is 24.7 Å². The fourth-order valence-corrected chi connectivity index (χ4v) is 2.86. The van der Waals surface area contributed by atoms with Gasteiger partial charge in [0.05, 0.1) is 25.0 Å². The average Bonchev–Trinajstić information content (AvgIpc) is 3.17. The SMILES string of the molecule is Cc1[nH]cnc1CC(=O)N1CC[C@H](Oc2cccnc2N(C)C)C1. The van der Waals surface area contributed by atoms with E-state index in [2.05, 4.69) is 15.0 Å². The van der Waals surface area contributed by atoms with E-state index in [0.29, 0.717) is 19.5 Å². The van der Waals surface area contributed by atoms with Crippen LogP contribution in [0.4, 0.5) is 5.82 Å². The molecule has 2 aromatic rings. The third kappa shape index (κ3) is 3.50. The van der Waals surface area contributed by atoms with E-state index >= 15 is 0 Å². The Kier molecular flexibility index (Phi) is 4.69. The molecular formula is C17H23N5O2. The van der Waals surface area contributed by atoms with E-state index in [9.17, 15) is 4.79 Å². The lowest BCUT2D eigenvalue weighted by Crippen LogP contribution is -2.32. The molecule has 3 rings (SSSR count). The molecule has 1 aliphatic heterocycles. The molecule has 3 heterocycles. The van der Waals surface area contributed by atoms with Gasteiger partial charge in [-0.25, -0.2) is 9.97 Å². The first-order valence-corrected chi connectivity index (χ1v) is 8.10. The molecule has 24 heavy (non-hydrogen) atoms. The predicted molar refractivity (Wildman–Crippen MR) is 91.2 cm³/mol. The van der Waals surface area contributed by atoms with Gasteiger partial charge in [-0.1, -0.05) is 0 Å². The molecule has 1 atom stereocenters. The summed E-state index contributed by atoms with van der Waals surface area (Å²) >= 11 is 0. The second-order valence-electron chi connectivity index (χ2n) is 6.24. The number of nitrogens with zero attached hydrogens (tertiary/aromatic N) is 4. The van der Waals surface area contributed by atoms with Crippen molar-refractivity contribution in [3.8, 4) is 5.75 Å². The van der Waals surface area contributed by atoms with Crippen molar-refractivity contribution in [1.29, 1.82) is 0 Å². The Balaban J connectivity index is 1.60. The van der Waals surface area contributed by atoms with Gasteiger partial charge >= 0.3 is 0 Å². The number of hydrogen-bond donors (Lipinski definition) is 1. The molecule has 0 radical (unpaired) electrons. The molecule has 1 aliphatic rings. The number of nitrogens with one attached hydrogen (secondary N) is 1. The fraction of sp³-hybridized carbons (Fsp3) is 0.471. The van der Waals surface area contributed by atoms with Crippen LogP contribution < -0.4 is 9.64 Å². The molecule has 0 saturated carbocycles. The van der Waals surface area contributed by atoms with Gasteiger partial charge in [-0.2, -0.15) is 0 Å². The number of anilines is 1. The van der Waals surface area contributed by atoms with Crippen LogP contribution in [0.5, 0.6) is 5.75 Å². The quantitative estimate of drug-likeness (QED) is 0.897. The molecule has 1 amide bonds. The molecular weight excluding hydrogens is 306 g/mol. The van der Waals surface area contributed by atoms with Gasteiger partial charge in [-0.05, 0) is 19.1 Å². The van der Waals surface area contributed by atoms with Crippen LogP contribution in [0.25, 0.3) is 0 Å². The van der Waals surface area contributed by atoms with Crippen LogP contribution in [-0.2, 0) is 11.2 Å². The van der Waals surface area contributed by atoms with E-state index in [1.54, 1.807) is 12.5 Å². The highest BCUT2D eigenvalue weighted by Crippen LogP contribution is 2.26. The van der Waals surface area contributed by atoms with Gasteiger partial charge < -0.3 is 19.5 Å². The fourth-order valence-electron chi connectivity index (χ4n) is 2.86. The number of carbonyl (C=O) groups excluding carboxylic acids is 1. The molecule has 128 valence electrons. The van der Waals surface area contributed by atoms with E-state index in [4.69, 9.17) is 4.74 Å². The monoisotopic (exact) mass is 329 g/mol. The summed E-state index contributed by atoms with van der Waals surface area (Å²) in [6.45, 7) is 3.24. The number of ether oxygens (including phenoxy) is 1. The topological polar surface area (TPSA) is 74.3 Å². The second-order valence-corrected chi connectivity index (χ2v) is 6.24. The van der Waals surface area contributed by atoms with Crippen molar-refractivity contribution in [3.05, 3.63) is 36.0 Å². The van der Waals surface area contributed by atoms with Gasteiger partial charge in [0.2, 0.25) is 5.91 Å². The zero-order chi connectivity index (χ0) is 17.1. The highest BCUT2D eigenvalue weighted by atomic mass is 16.5. The van der Waals surface area contributed by atoms with E-state index in [1.165, 1.54) is 0 Å². The van der Waals surface area contributed by atoms with Crippen LogP contribution in [-0.4, -0.2) is 59.0 Å². The van der Waals surface area contributed by atoms with Crippen molar-refractivity contribution < 1.29 is 9.53 Å². The Morgan fingerprint density at radius 3 is 3.00 bits per heavy atom. The van der Waals surface area contributed by atoms with Gasteiger partial charge in [0.15, 0.2) is 11.6 Å². The molecule has 1 saturated heterocycles. The number of aryl methyl sites for hydroxylation is 1. The van der Waals surface area contributed by atoms with Crippen molar-refractivity contribution in [2.75, 3.05) is 32.1 Å². The Hall–Kier alpha value is -2.57. The largest absolute Gasteiger partial charge is 0.485 e. The van der Waals surface area contributed by atoms with Gasteiger partial charge in [-0.3, -0.25) is 4.79 Å². The van der Waals surface area contributed by atoms with Gasteiger partial charge in [-0.15, -0.1) is 0 Å². The number of aromatic nitrogens is 3. The molecule has 2 aromatic heterocycles. The maximum absolute atomic E-state index is 12.4. The van der Waals surface area contributed by atoms with Gasteiger partial charge in [0, 0.05) is 39.0 Å². The molecule has 0 aliphatic carbocycles. The smallest absolute Gasteiger partial charge is 0.228 e. The second kappa shape index (κ2) is 6.90. The average molecular weight is 329 g/mol. The number of pyridine rings is 1. The summed E-state index contributed by atoms with van der Waals surface area (Å²) in [5.74, 6) is 1.65. The van der Waals surface area contributed by atoms with Gasteiger partial charge in [0.25, 0.3) is 0 Å². The Bertz CT molecular complexity index is 713. The Morgan fingerprint density at radius 1 is 1.46 bits per heavy atom. The van der Waals surface area contributed by atoms with Crippen molar-refractivity contribution in [3.63, 3.8) is 0 Å². The lowest BCUT2D eigenvalue weighted by Gasteiger charge is -2.20. The maximum Gasteiger partial charge on any atom is 0.228 e. The minimum absolute atomic E-state index is 0.00266. The summed E-state index contributed by atoms with van der Waals surface area (Å²) in [5, 5.41) is 0. The van der Waals surface area contributed by atoms with E-state index in [0.717, 1.165) is 29.4 Å². The van der Waals surface area contributed by atoms with Crippen molar-refractivity contribution in [2.45, 2.75) is 25.9 Å². The first-order chi connectivity index (χ1) is 11.5. The third-order valence-electron chi connectivity index (χ3n) is 4.22. The van der Waals surface area contributed by atoms with E-state index < -0.39 is 0 Å². The zero-order valence-corrected chi connectivity index (χ0v) is 14.3. The molecule has 0 spiro atoms. The third-order valence-corrected chi connectivity index (χ3v) is 4.22. The van der Waals surface area contributed by atoms with Crippen LogP contribution in [0.3, 0.4) is 0 Å². The number of amides is 1. The first kappa shape index (κ1) is 16.3. The number of rotatable bonds is 5. The molecule has 0 unspecified atom stereocenters. The van der Waals surface area contributed by atoms with E-state index in [1.807, 2.05) is 43.0 Å². The lowest BCUT2D eigenvalue weighted by atomic mass is 10.2. The summed E-state index contributed by atoms with van der Waals surface area (Å²) in [4.78, 5) is 27.8. The van der Waals surface area contributed by atoms with Crippen LogP contribution in [0, 0.1) is 6.92 Å². The van der Waals surface area contributed by atoms with Crippen molar-refractivity contribution in [2.24, 2.45) is 0 Å². The number of carbonyl (C=O) groups is 1. The summed E-state index contributed by atoms with van der Waals surface area (Å²) in [7, 11) is 3.87. The molecule has 7 heteroatoms. The molecule has 1 N–H and O–H groups in total. The number of imidazole rings is 1. The standard InChI is InChI=1S/C17H23N5O2/c1-12-14(20-11-19-12)9-16(23)22-8-6-13(10-22)24-15-5-4-7-18-17(15)21(2)3/h4-5,7,11,13H,6,8-10H2,1-3H3,(H,19,20)/t13-/m0/s1. The van der Waals surface area contributed by atoms with Crippen LogP contribution >= 0.6 is 0 Å². The van der Waals surface area contributed by atoms with Crippen molar-refractivity contribution >= 4 is 11.7 Å². The minimum Gasteiger partial charge on any atom is -0.485 e. The Labute approximate surface area is 141 Å². The summed E-state index contributed by atoms with van der Waals surface area (Å²) in [6.07, 6.45) is 4.53. The van der Waals surface area contributed by atoms with E-state index in [-0.39, 0.29) is 12.0 Å². The zero-order valence-electron chi connectivity index (χ0n) is 14.3. The molecule has 0 aromatic carbocycles. The van der Waals surface area contributed by atoms with Crippen molar-refractivity contribution in [1.82, 2.24) is 19.9 Å². The summed E-state index contributed by atoms with van der Waals surface area (Å²) in [6, 6.07) is 3.78. The van der Waals surface area contributed by atoms with Crippen LogP contribution in [0.2, 0.25) is 0 Å². The number of hydrogen-bond acceptors (Lipinski definition) is 5. The number of likely N-dealkylation sites (tertiary alicyclic amines) is 1. The highest BCUT2D eigenvalue weighted by molar-refractivity contribution is 5.78. The Morgan fingerprint density at radius 2 is 2.29 bits per heavy atom. The number of H-pyrrole nitrogens is 1. The highest BCUT2D eigenvalue weighted by Gasteiger charge is 2.28. The molecule has 1 fully saturated rings. The lowest BCUT2D eigenvalue weighted by molar-refractivity contribution is -0.129. The first-order valence-electron chi connectivity index (χ1n) is 8.10. The maximum atomic E-state index is 12.4. The summed E-state index contributed by atoms with van der Waals surface area (Å²) in [5.41, 5.74) is 1.76. The van der Waals surface area contributed by atoms with Crippen LogP contribution in [0.1, 0.15) is 17.8 Å². The predicted octanol–water partition coefficient (Wildman–Crippen LogP) is 1.40. The normalized spacial score (nSPS) is 17.1. The molecule has 7 nitrogen and oxygen atoms in total. The summed E-state index contributed by atoms with van der Waals surface area (Å²) < 4.78 is 6.09. The molecule has 0 bridgehead atoms. The van der Waals surface area contributed by atoms with Gasteiger partial charge in [0.1, 0.15) is 6.10 Å². The number of aromatic amines is 1.